The molecule has 0 N–H and O–H groups in total. The highest BCUT2D eigenvalue weighted by molar-refractivity contribution is 5.94. The van der Waals surface area contributed by atoms with E-state index in [1.54, 1.807) is 42.9 Å². The SMILES string of the molecule is CN1CCCCC1.COc1cc(-c2ccc(C#N)cc2)c(-c2ccc(N3CCCC3=O)nc2)n2cncc12. The number of fused-ring (bicyclic) bond motifs is 1. The first kappa shape index (κ1) is 25.4. The van der Waals surface area contributed by atoms with E-state index in [1.165, 1.54) is 32.4 Å². The molecule has 0 bridgehead atoms. The van der Waals surface area contributed by atoms with Crippen molar-refractivity contribution < 1.29 is 9.53 Å². The predicted molar refractivity (Wildman–Crippen MR) is 148 cm³/mol. The highest BCUT2D eigenvalue weighted by Gasteiger charge is 2.23. The van der Waals surface area contributed by atoms with Gasteiger partial charge in [-0.25, -0.2) is 9.97 Å². The van der Waals surface area contributed by atoms with Gasteiger partial charge in [-0.3, -0.25) is 14.1 Å². The first-order chi connectivity index (χ1) is 18.6. The zero-order valence-corrected chi connectivity index (χ0v) is 21.9. The number of ether oxygens (including phenoxy) is 1. The van der Waals surface area contributed by atoms with E-state index in [4.69, 9.17) is 10.00 Å². The smallest absolute Gasteiger partial charge is 0.228 e. The fourth-order valence-corrected chi connectivity index (χ4v) is 5.09. The van der Waals surface area contributed by atoms with Gasteiger partial charge in [0.05, 0.1) is 37.0 Å². The van der Waals surface area contributed by atoms with Crippen LogP contribution in [0.25, 0.3) is 27.9 Å². The van der Waals surface area contributed by atoms with Gasteiger partial charge in [-0.05, 0) is 75.3 Å². The summed E-state index contributed by atoms with van der Waals surface area (Å²) in [6, 6.07) is 15.4. The number of rotatable bonds is 4. The minimum Gasteiger partial charge on any atom is -0.494 e. The van der Waals surface area contributed by atoms with Gasteiger partial charge in [0.2, 0.25) is 5.91 Å². The molecule has 8 nitrogen and oxygen atoms in total. The summed E-state index contributed by atoms with van der Waals surface area (Å²) in [4.78, 5) is 25.1. The lowest BCUT2D eigenvalue weighted by Gasteiger charge is -2.20. The van der Waals surface area contributed by atoms with E-state index >= 15 is 0 Å². The van der Waals surface area contributed by atoms with Gasteiger partial charge in [0.1, 0.15) is 17.1 Å². The van der Waals surface area contributed by atoms with Gasteiger partial charge in [0.25, 0.3) is 0 Å². The molecular weight excluding hydrogens is 476 g/mol. The zero-order chi connectivity index (χ0) is 26.5. The quantitative estimate of drug-likeness (QED) is 0.378. The Morgan fingerprint density at radius 2 is 1.71 bits per heavy atom. The molecule has 0 unspecified atom stereocenters. The average molecular weight is 509 g/mol. The highest BCUT2D eigenvalue weighted by atomic mass is 16.5. The Balaban J connectivity index is 0.000000366. The summed E-state index contributed by atoms with van der Waals surface area (Å²) < 4.78 is 7.59. The van der Waals surface area contributed by atoms with Gasteiger partial charge < -0.3 is 9.64 Å². The largest absolute Gasteiger partial charge is 0.494 e. The number of pyridine rings is 2. The van der Waals surface area contributed by atoms with Crippen LogP contribution in [-0.4, -0.2) is 59.0 Å². The fourth-order valence-electron chi connectivity index (χ4n) is 5.09. The van der Waals surface area contributed by atoms with E-state index in [9.17, 15) is 4.79 Å². The second-order valence-electron chi connectivity index (χ2n) is 9.73. The summed E-state index contributed by atoms with van der Waals surface area (Å²) in [5, 5.41) is 9.14. The minimum absolute atomic E-state index is 0.111. The second kappa shape index (κ2) is 11.4. The van der Waals surface area contributed by atoms with Gasteiger partial charge in [-0.2, -0.15) is 5.26 Å². The van der Waals surface area contributed by atoms with E-state index in [0.29, 0.717) is 30.1 Å². The number of aromatic nitrogens is 3. The Bertz CT molecular complexity index is 1450. The number of nitriles is 1. The molecule has 3 aromatic heterocycles. The van der Waals surface area contributed by atoms with Crippen molar-refractivity contribution in [1.82, 2.24) is 19.3 Å². The summed E-state index contributed by atoms with van der Waals surface area (Å²) in [6.45, 7) is 3.34. The molecule has 0 saturated carbocycles. The Morgan fingerprint density at radius 3 is 2.29 bits per heavy atom. The molecule has 2 saturated heterocycles. The van der Waals surface area contributed by atoms with Crippen LogP contribution >= 0.6 is 0 Å². The third-order valence-electron chi connectivity index (χ3n) is 7.16. The lowest BCUT2D eigenvalue weighted by atomic mass is 9.98. The molecule has 2 fully saturated rings. The lowest BCUT2D eigenvalue weighted by Crippen LogP contribution is -2.24. The van der Waals surface area contributed by atoms with Crippen molar-refractivity contribution in [3.05, 3.63) is 66.7 Å². The van der Waals surface area contributed by atoms with Gasteiger partial charge >= 0.3 is 0 Å². The molecule has 0 spiro atoms. The number of anilines is 1. The van der Waals surface area contributed by atoms with Crippen molar-refractivity contribution in [3.8, 4) is 34.2 Å². The molecule has 5 heterocycles. The number of hydrogen-bond donors (Lipinski definition) is 0. The topological polar surface area (TPSA) is 86.8 Å². The van der Waals surface area contributed by atoms with Crippen molar-refractivity contribution >= 4 is 17.2 Å². The molecule has 6 rings (SSSR count). The molecule has 4 aromatic rings. The first-order valence-corrected chi connectivity index (χ1v) is 13.1. The summed E-state index contributed by atoms with van der Waals surface area (Å²) in [5.74, 6) is 1.48. The van der Waals surface area contributed by atoms with Crippen molar-refractivity contribution in [3.63, 3.8) is 0 Å². The second-order valence-corrected chi connectivity index (χ2v) is 9.73. The van der Waals surface area contributed by atoms with Crippen LogP contribution in [0, 0.1) is 11.3 Å². The van der Waals surface area contributed by atoms with Crippen LogP contribution in [-0.2, 0) is 4.79 Å². The van der Waals surface area contributed by atoms with E-state index in [1.807, 2.05) is 34.7 Å². The maximum atomic E-state index is 12.1. The van der Waals surface area contributed by atoms with Crippen LogP contribution in [0.5, 0.6) is 5.75 Å². The van der Waals surface area contributed by atoms with E-state index in [-0.39, 0.29) is 5.91 Å². The molecular formula is C30H32N6O2. The number of methoxy groups -OCH3 is 1. The maximum Gasteiger partial charge on any atom is 0.228 e. The average Bonchev–Trinajstić information content (AvgIpc) is 3.62. The standard InChI is InChI=1S/C24H19N5O2.C6H13N/c1-31-21-11-19(17-6-4-16(12-25)5-7-17)24(29-15-26-14-20(21)29)18-8-9-22(27-13-18)28-10-2-3-23(28)30;1-7-5-3-2-4-6-7/h4-9,11,13-15H,2-3,10H2,1H3;2-6H2,1H3. The summed E-state index contributed by atoms with van der Waals surface area (Å²) in [6.07, 6.45) is 11.0. The number of benzene rings is 1. The molecule has 1 amide bonds. The maximum absolute atomic E-state index is 12.1. The summed E-state index contributed by atoms with van der Waals surface area (Å²) >= 11 is 0. The van der Waals surface area contributed by atoms with Crippen molar-refractivity contribution in [2.24, 2.45) is 0 Å². The molecule has 0 radical (unpaired) electrons. The summed E-state index contributed by atoms with van der Waals surface area (Å²) in [5.41, 5.74) is 5.11. The van der Waals surface area contributed by atoms with Crippen LogP contribution in [0.2, 0.25) is 0 Å². The van der Waals surface area contributed by atoms with Crippen LogP contribution < -0.4 is 9.64 Å². The molecule has 0 atom stereocenters. The third-order valence-corrected chi connectivity index (χ3v) is 7.16. The Kier molecular flexibility index (Phi) is 7.66. The lowest BCUT2D eigenvalue weighted by molar-refractivity contribution is -0.117. The van der Waals surface area contributed by atoms with Crippen molar-refractivity contribution in [1.29, 1.82) is 5.26 Å². The van der Waals surface area contributed by atoms with E-state index in [0.717, 1.165) is 34.3 Å². The van der Waals surface area contributed by atoms with E-state index < -0.39 is 0 Å². The number of nitrogens with zero attached hydrogens (tertiary/aromatic N) is 6. The summed E-state index contributed by atoms with van der Waals surface area (Å²) in [7, 11) is 3.83. The molecule has 38 heavy (non-hydrogen) atoms. The molecule has 8 heteroatoms. The van der Waals surface area contributed by atoms with Crippen LogP contribution in [0.15, 0.2) is 61.2 Å². The predicted octanol–water partition coefficient (Wildman–Crippen LogP) is 5.17. The number of likely N-dealkylation sites (tertiary alicyclic amines) is 1. The molecule has 2 aliphatic heterocycles. The van der Waals surface area contributed by atoms with Crippen LogP contribution in [0.4, 0.5) is 5.82 Å². The number of carbonyl (C=O) groups is 1. The van der Waals surface area contributed by atoms with Gasteiger partial charge in [0, 0.05) is 30.3 Å². The van der Waals surface area contributed by atoms with Crippen molar-refractivity contribution in [2.75, 3.05) is 38.7 Å². The van der Waals surface area contributed by atoms with Gasteiger partial charge in [0.15, 0.2) is 0 Å². The van der Waals surface area contributed by atoms with Crippen molar-refractivity contribution in [2.45, 2.75) is 32.1 Å². The number of piperidine rings is 1. The molecule has 0 aliphatic carbocycles. The third kappa shape index (κ3) is 5.24. The zero-order valence-electron chi connectivity index (χ0n) is 21.9. The number of imidazole rings is 1. The highest BCUT2D eigenvalue weighted by Crippen LogP contribution is 2.38. The Hall–Kier alpha value is -4.22. The normalized spacial score (nSPS) is 15.7. The molecule has 1 aromatic carbocycles. The van der Waals surface area contributed by atoms with Gasteiger partial charge in [-0.1, -0.05) is 18.6 Å². The number of carbonyl (C=O) groups excluding carboxylic acids is 1. The van der Waals surface area contributed by atoms with Gasteiger partial charge in [-0.15, -0.1) is 0 Å². The molecule has 2 aliphatic rings. The first-order valence-electron chi connectivity index (χ1n) is 13.1. The van der Waals surface area contributed by atoms with Crippen LogP contribution in [0.1, 0.15) is 37.7 Å². The minimum atomic E-state index is 0.111. The fraction of sp³-hybridized carbons (Fsp3) is 0.333. The number of hydrogen-bond acceptors (Lipinski definition) is 6. The van der Waals surface area contributed by atoms with E-state index in [2.05, 4.69) is 28.0 Å². The Morgan fingerprint density at radius 1 is 0.947 bits per heavy atom. The molecule has 194 valence electrons. The number of amides is 1. The van der Waals surface area contributed by atoms with Crippen LogP contribution in [0.3, 0.4) is 0 Å². The monoisotopic (exact) mass is 508 g/mol. The Labute approximate surface area is 223 Å².